The largest absolute Gasteiger partial charge is 0.326 e. The van der Waals surface area contributed by atoms with Gasteiger partial charge < -0.3 is 4.90 Å². The minimum atomic E-state index is 0.424. The fraction of sp³-hybridized carbons (Fsp3) is 0.286. The van der Waals surface area contributed by atoms with Crippen LogP contribution in [0.15, 0.2) is 30.5 Å². The molecular formula is C14H19N5. The molecule has 0 atom stereocenters. The van der Waals surface area contributed by atoms with E-state index in [0.29, 0.717) is 5.95 Å². The second-order valence-electron chi connectivity index (χ2n) is 4.38. The van der Waals surface area contributed by atoms with Crippen molar-refractivity contribution < 1.29 is 0 Å². The fourth-order valence-electron chi connectivity index (χ4n) is 2.08. The highest BCUT2D eigenvalue weighted by molar-refractivity contribution is 5.66. The van der Waals surface area contributed by atoms with Crippen molar-refractivity contribution in [2.24, 2.45) is 5.84 Å². The number of benzene rings is 1. The molecule has 2 rings (SSSR count). The first-order chi connectivity index (χ1) is 9.17. The molecule has 0 bridgehead atoms. The summed E-state index contributed by atoms with van der Waals surface area (Å²) in [6, 6.07) is 8.25. The Morgan fingerprint density at radius 3 is 2.58 bits per heavy atom. The van der Waals surface area contributed by atoms with Gasteiger partial charge in [-0.15, -0.1) is 0 Å². The number of rotatable bonds is 4. The van der Waals surface area contributed by atoms with Crippen LogP contribution >= 0.6 is 0 Å². The van der Waals surface area contributed by atoms with Crippen molar-refractivity contribution >= 4 is 17.5 Å². The molecule has 1 aromatic carbocycles. The van der Waals surface area contributed by atoms with Gasteiger partial charge in [-0.05, 0) is 32.4 Å². The number of hydrogen-bond acceptors (Lipinski definition) is 5. The Bertz CT molecular complexity index is 568. The van der Waals surface area contributed by atoms with E-state index in [1.165, 1.54) is 5.56 Å². The lowest BCUT2D eigenvalue weighted by molar-refractivity contribution is 0.955. The van der Waals surface area contributed by atoms with E-state index in [4.69, 9.17) is 5.84 Å². The summed E-state index contributed by atoms with van der Waals surface area (Å²) in [5.74, 6) is 6.68. The summed E-state index contributed by atoms with van der Waals surface area (Å²) >= 11 is 0. The summed E-state index contributed by atoms with van der Waals surface area (Å²) in [6.07, 6.45) is 1.78. The second-order valence-corrected chi connectivity index (χ2v) is 4.38. The zero-order valence-corrected chi connectivity index (χ0v) is 11.5. The Kier molecular flexibility index (Phi) is 3.97. The van der Waals surface area contributed by atoms with E-state index >= 15 is 0 Å². The molecule has 5 nitrogen and oxygen atoms in total. The van der Waals surface area contributed by atoms with Crippen LogP contribution in [0.2, 0.25) is 0 Å². The molecule has 0 fully saturated rings. The van der Waals surface area contributed by atoms with Crippen molar-refractivity contribution in [3.05, 3.63) is 41.6 Å². The first kappa shape index (κ1) is 13.3. The normalized spacial score (nSPS) is 10.3. The van der Waals surface area contributed by atoms with Crippen LogP contribution in [-0.4, -0.2) is 16.5 Å². The van der Waals surface area contributed by atoms with Gasteiger partial charge >= 0.3 is 0 Å². The molecule has 3 N–H and O–H groups in total. The average molecular weight is 257 g/mol. The summed E-state index contributed by atoms with van der Waals surface area (Å²) in [6.45, 7) is 7.02. The van der Waals surface area contributed by atoms with Gasteiger partial charge in [0.15, 0.2) is 0 Å². The van der Waals surface area contributed by atoms with Crippen molar-refractivity contribution in [3.8, 4) is 0 Å². The third-order valence-corrected chi connectivity index (χ3v) is 3.05. The molecule has 19 heavy (non-hydrogen) atoms. The van der Waals surface area contributed by atoms with Crippen LogP contribution < -0.4 is 16.2 Å². The molecule has 0 spiro atoms. The van der Waals surface area contributed by atoms with Crippen LogP contribution in [0.4, 0.5) is 17.5 Å². The molecule has 0 saturated heterocycles. The molecule has 5 heteroatoms. The molecule has 0 saturated carbocycles. The van der Waals surface area contributed by atoms with Crippen molar-refractivity contribution in [1.82, 2.24) is 9.97 Å². The Morgan fingerprint density at radius 2 is 1.95 bits per heavy atom. The van der Waals surface area contributed by atoms with Gasteiger partial charge in [0, 0.05) is 24.0 Å². The molecular weight excluding hydrogens is 238 g/mol. The lowest BCUT2D eigenvalue weighted by Crippen LogP contribution is -2.21. The highest BCUT2D eigenvalue weighted by atomic mass is 15.3. The Morgan fingerprint density at radius 1 is 1.21 bits per heavy atom. The van der Waals surface area contributed by atoms with Gasteiger partial charge in [0.2, 0.25) is 5.95 Å². The van der Waals surface area contributed by atoms with Crippen LogP contribution in [0.1, 0.15) is 18.1 Å². The quantitative estimate of drug-likeness (QED) is 0.651. The predicted octanol–water partition coefficient (Wildman–Crippen LogP) is 2.54. The summed E-state index contributed by atoms with van der Waals surface area (Å²) in [5.41, 5.74) is 5.87. The molecule has 0 aliphatic rings. The molecule has 1 aromatic heterocycles. The Labute approximate surface area is 113 Å². The number of nitrogens with zero attached hydrogens (tertiary/aromatic N) is 3. The highest BCUT2D eigenvalue weighted by Crippen LogP contribution is 2.28. The average Bonchev–Trinajstić information content (AvgIpc) is 2.43. The third-order valence-electron chi connectivity index (χ3n) is 3.05. The molecule has 1 heterocycles. The van der Waals surface area contributed by atoms with Gasteiger partial charge in [-0.1, -0.05) is 18.2 Å². The molecule has 0 radical (unpaired) electrons. The van der Waals surface area contributed by atoms with E-state index in [-0.39, 0.29) is 0 Å². The zero-order chi connectivity index (χ0) is 13.8. The molecule has 100 valence electrons. The number of aryl methyl sites for hydroxylation is 2. The van der Waals surface area contributed by atoms with Crippen LogP contribution in [0.3, 0.4) is 0 Å². The molecule has 0 unspecified atom stereocenters. The number of aromatic nitrogens is 2. The number of hydrazine groups is 1. The fourth-order valence-corrected chi connectivity index (χ4v) is 2.08. The third kappa shape index (κ3) is 2.66. The minimum absolute atomic E-state index is 0.424. The van der Waals surface area contributed by atoms with Crippen molar-refractivity contribution in [2.45, 2.75) is 20.8 Å². The van der Waals surface area contributed by atoms with Gasteiger partial charge in [-0.3, -0.25) is 5.43 Å². The number of para-hydroxylation sites is 1. The van der Waals surface area contributed by atoms with Gasteiger partial charge in [0.1, 0.15) is 5.82 Å². The van der Waals surface area contributed by atoms with Crippen molar-refractivity contribution in [1.29, 1.82) is 0 Å². The first-order valence-electron chi connectivity index (χ1n) is 6.30. The zero-order valence-electron chi connectivity index (χ0n) is 11.5. The lowest BCUT2D eigenvalue weighted by atomic mass is 10.1. The van der Waals surface area contributed by atoms with Gasteiger partial charge in [-0.2, -0.15) is 4.98 Å². The smallest absolute Gasteiger partial charge is 0.239 e. The summed E-state index contributed by atoms with van der Waals surface area (Å²) in [4.78, 5) is 10.7. The maximum atomic E-state index is 5.39. The number of nitrogens with two attached hydrogens (primary N) is 1. The maximum absolute atomic E-state index is 5.39. The Hall–Kier alpha value is -2.14. The summed E-state index contributed by atoms with van der Waals surface area (Å²) in [7, 11) is 0. The number of hydrogen-bond donors (Lipinski definition) is 2. The van der Waals surface area contributed by atoms with E-state index in [1.807, 2.05) is 19.1 Å². The second kappa shape index (κ2) is 5.67. The van der Waals surface area contributed by atoms with E-state index in [2.05, 4.69) is 46.3 Å². The highest BCUT2D eigenvalue weighted by Gasteiger charge is 2.14. The summed E-state index contributed by atoms with van der Waals surface area (Å²) in [5, 5.41) is 0. The van der Waals surface area contributed by atoms with Gasteiger partial charge in [-0.25, -0.2) is 10.8 Å². The van der Waals surface area contributed by atoms with E-state index in [1.54, 1.807) is 6.20 Å². The lowest BCUT2D eigenvalue weighted by Gasteiger charge is -2.25. The monoisotopic (exact) mass is 257 g/mol. The van der Waals surface area contributed by atoms with Crippen molar-refractivity contribution in [3.63, 3.8) is 0 Å². The topological polar surface area (TPSA) is 67.1 Å². The van der Waals surface area contributed by atoms with Crippen molar-refractivity contribution in [2.75, 3.05) is 16.9 Å². The van der Waals surface area contributed by atoms with Crippen LogP contribution in [0, 0.1) is 13.8 Å². The first-order valence-corrected chi connectivity index (χ1v) is 6.30. The predicted molar refractivity (Wildman–Crippen MR) is 78.4 cm³/mol. The SMILES string of the molecule is CCN(c1ccccc1C)c1nc(NN)ncc1C. The molecule has 0 aliphatic heterocycles. The van der Waals surface area contributed by atoms with Gasteiger partial charge in [0.25, 0.3) is 0 Å². The Balaban J connectivity index is 2.51. The maximum Gasteiger partial charge on any atom is 0.239 e. The van der Waals surface area contributed by atoms with Crippen LogP contribution in [-0.2, 0) is 0 Å². The van der Waals surface area contributed by atoms with Crippen LogP contribution in [0.25, 0.3) is 0 Å². The standard InChI is InChI=1S/C14H19N5/c1-4-19(12-8-6-5-7-10(12)2)13-11(3)9-16-14(17-13)18-15/h5-9H,4,15H2,1-3H3,(H,16,17,18). The number of nitrogen functional groups attached to an aromatic ring is 1. The minimum Gasteiger partial charge on any atom is -0.326 e. The molecule has 0 amide bonds. The molecule has 2 aromatic rings. The number of anilines is 3. The van der Waals surface area contributed by atoms with E-state index < -0.39 is 0 Å². The summed E-state index contributed by atoms with van der Waals surface area (Å²) < 4.78 is 0. The van der Waals surface area contributed by atoms with E-state index in [0.717, 1.165) is 23.6 Å². The molecule has 0 aliphatic carbocycles. The van der Waals surface area contributed by atoms with Gasteiger partial charge in [0.05, 0.1) is 0 Å². The van der Waals surface area contributed by atoms with E-state index in [9.17, 15) is 0 Å². The number of nitrogens with one attached hydrogen (secondary N) is 1. The van der Waals surface area contributed by atoms with Crippen LogP contribution in [0.5, 0.6) is 0 Å².